The van der Waals surface area contributed by atoms with Crippen LogP contribution in [-0.2, 0) is 11.3 Å². The lowest BCUT2D eigenvalue weighted by atomic mass is 10.1. The first kappa shape index (κ1) is 16.2. The second kappa shape index (κ2) is 6.45. The van der Waals surface area contributed by atoms with Crippen LogP contribution in [0.4, 0.5) is 0 Å². The molecule has 0 atom stereocenters. The number of pyridine rings is 1. The highest BCUT2D eigenvalue weighted by Crippen LogP contribution is 2.23. The van der Waals surface area contributed by atoms with Gasteiger partial charge >= 0.3 is 5.97 Å². The van der Waals surface area contributed by atoms with Gasteiger partial charge in [-0.15, -0.1) is 0 Å². The Labute approximate surface area is 144 Å². The molecule has 24 heavy (non-hydrogen) atoms. The van der Waals surface area contributed by atoms with Gasteiger partial charge < -0.3 is 9.30 Å². The molecule has 3 aromatic rings. The summed E-state index contributed by atoms with van der Waals surface area (Å²) in [6.07, 6.45) is 1.76. The van der Waals surface area contributed by atoms with Gasteiger partial charge in [0.25, 0.3) is 0 Å². The maximum Gasteiger partial charge on any atom is 0.356 e. The van der Waals surface area contributed by atoms with E-state index in [2.05, 4.69) is 16.5 Å². The first-order chi connectivity index (χ1) is 11.5. The monoisotopic (exact) mass is 341 g/mol. The molecule has 0 unspecified atom stereocenters. The first-order valence-corrected chi connectivity index (χ1v) is 7.74. The topological polar surface area (TPSA) is 57.0 Å². The molecule has 3 rings (SSSR count). The summed E-state index contributed by atoms with van der Waals surface area (Å²) >= 11 is 6.36. The Morgan fingerprint density at radius 2 is 2.12 bits per heavy atom. The van der Waals surface area contributed by atoms with E-state index in [-0.39, 0.29) is 5.69 Å². The molecule has 0 aliphatic carbocycles. The molecule has 0 bridgehead atoms. The Morgan fingerprint density at radius 1 is 1.33 bits per heavy atom. The number of hydrogen-bond acceptors (Lipinski definition) is 4. The molecule has 0 saturated heterocycles. The number of fused-ring (bicyclic) bond motifs is 1. The number of benzene rings is 1. The highest BCUT2D eigenvalue weighted by Gasteiger charge is 2.14. The van der Waals surface area contributed by atoms with Gasteiger partial charge in [-0.3, -0.25) is 0 Å². The van der Waals surface area contributed by atoms with Crippen LogP contribution in [0.5, 0.6) is 0 Å². The minimum absolute atomic E-state index is 0.239. The van der Waals surface area contributed by atoms with Crippen molar-refractivity contribution in [3.63, 3.8) is 0 Å². The highest BCUT2D eigenvalue weighted by atomic mass is 35.5. The van der Waals surface area contributed by atoms with E-state index in [0.717, 1.165) is 22.5 Å². The maximum atomic E-state index is 11.6. The third kappa shape index (κ3) is 2.90. The summed E-state index contributed by atoms with van der Waals surface area (Å²) in [5.41, 5.74) is 3.53. The van der Waals surface area contributed by atoms with Crippen molar-refractivity contribution in [2.24, 2.45) is 0 Å². The Morgan fingerprint density at radius 3 is 2.79 bits per heavy atom. The lowest BCUT2D eigenvalue weighted by Crippen LogP contribution is -2.05. The van der Waals surface area contributed by atoms with E-state index in [9.17, 15) is 4.79 Å². The van der Waals surface area contributed by atoms with Crippen LogP contribution >= 0.6 is 11.6 Å². The van der Waals surface area contributed by atoms with Gasteiger partial charge in [0.15, 0.2) is 11.3 Å². The maximum absolute atomic E-state index is 11.6. The van der Waals surface area contributed by atoms with Gasteiger partial charge in [0, 0.05) is 5.02 Å². The molecular formula is C18H16ClN3O2. The quantitative estimate of drug-likeness (QED) is 0.676. The van der Waals surface area contributed by atoms with Crippen molar-refractivity contribution in [2.45, 2.75) is 13.5 Å². The lowest BCUT2D eigenvalue weighted by molar-refractivity contribution is 0.0594. The van der Waals surface area contributed by atoms with Crippen molar-refractivity contribution < 1.29 is 9.53 Å². The van der Waals surface area contributed by atoms with Crippen molar-refractivity contribution >= 4 is 34.8 Å². The average molecular weight is 342 g/mol. The Kier molecular flexibility index (Phi) is 4.36. The van der Waals surface area contributed by atoms with Gasteiger partial charge in [-0.1, -0.05) is 36.4 Å². The SMILES string of the molecule is C=Cc1ccc(Cn2c(C)nc3nc(C(=O)OC)ccc32)c(Cl)c1. The Hall–Kier alpha value is -2.66. The smallest absolute Gasteiger partial charge is 0.356 e. The number of rotatable bonds is 4. The van der Waals surface area contributed by atoms with Crippen LogP contribution in [0.25, 0.3) is 17.2 Å². The molecule has 2 heterocycles. The van der Waals surface area contributed by atoms with Gasteiger partial charge in [-0.25, -0.2) is 14.8 Å². The third-order valence-corrected chi connectivity index (χ3v) is 4.19. The summed E-state index contributed by atoms with van der Waals surface area (Å²) in [4.78, 5) is 20.3. The Balaban J connectivity index is 2.02. The molecule has 2 aromatic heterocycles. The van der Waals surface area contributed by atoms with Crippen molar-refractivity contribution in [1.29, 1.82) is 0 Å². The number of hydrogen-bond donors (Lipinski definition) is 0. The average Bonchev–Trinajstić information content (AvgIpc) is 2.90. The van der Waals surface area contributed by atoms with E-state index < -0.39 is 5.97 Å². The van der Waals surface area contributed by atoms with Crippen LogP contribution in [0.2, 0.25) is 5.02 Å². The number of aryl methyl sites for hydroxylation is 1. The number of halogens is 1. The number of imidazole rings is 1. The summed E-state index contributed by atoms with van der Waals surface area (Å²) in [5, 5.41) is 0.674. The first-order valence-electron chi connectivity index (χ1n) is 7.36. The fourth-order valence-electron chi connectivity index (χ4n) is 2.53. The molecule has 0 aliphatic heterocycles. The van der Waals surface area contributed by atoms with Crippen molar-refractivity contribution in [3.05, 3.63) is 64.6 Å². The molecule has 0 amide bonds. The highest BCUT2D eigenvalue weighted by molar-refractivity contribution is 6.31. The molecule has 122 valence electrons. The van der Waals surface area contributed by atoms with Crippen LogP contribution in [0, 0.1) is 6.92 Å². The second-order valence-corrected chi connectivity index (χ2v) is 5.74. The summed E-state index contributed by atoms with van der Waals surface area (Å²) in [6.45, 7) is 6.20. The van der Waals surface area contributed by atoms with Gasteiger partial charge in [0.05, 0.1) is 19.2 Å². The zero-order chi connectivity index (χ0) is 17.3. The van der Waals surface area contributed by atoms with E-state index in [0.29, 0.717) is 17.2 Å². The fourth-order valence-corrected chi connectivity index (χ4v) is 2.78. The minimum atomic E-state index is -0.479. The number of methoxy groups -OCH3 is 1. The van der Waals surface area contributed by atoms with Crippen LogP contribution in [-0.4, -0.2) is 27.6 Å². The second-order valence-electron chi connectivity index (χ2n) is 5.33. The largest absolute Gasteiger partial charge is 0.464 e. The van der Waals surface area contributed by atoms with E-state index in [4.69, 9.17) is 16.3 Å². The van der Waals surface area contributed by atoms with Gasteiger partial charge in [0.1, 0.15) is 5.82 Å². The van der Waals surface area contributed by atoms with Gasteiger partial charge in [-0.05, 0) is 36.2 Å². The van der Waals surface area contributed by atoms with Crippen LogP contribution in [0.1, 0.15) is 27.4 Å². The van der Waals surface area contributed by atoms with Gasteiger partial charge in [-0.2, -0.15) is 0 Å². The molecule has 0 fully saturated rings. The number of ether oxygens (including phenoxy) is 1. The molecule has 0 spiro atoms. The van der Waals surface area contributed by atoms with Crippen molar-refractivity contribution in [3.8, 4) is 0 Å². The van der Waals surface area contributed by atoms with E-state index in [1.807, 2.05) is 35.8 Å². The van der Waals surface area contributed by atoms with Gasteiger partial charge in [0.2, 0.25) is 0 Å². The molecule has 6 heteroatoms. The number of carbonyl (C=O) groups excluding carboxylic acids is 1. The zero-order valence-electron chi connectivity index (χ0n) is 13.4. The number of carbonyl (C=O) groups is 1. The normalized spacial score (nSPS) is 10.8. The standard InChI is InChI=1S/C18H16ClN3O2/c1-4-12-5-6-13(14(19)9-12)10-22-11(2)20-17-16(22)8-7-15(21-17)18(23)24-3/h4-9H,1,10H2,2-3H3. The van der Waals surface area contributed by atoms with E-state index in [1.165, 1.54) is 7.11 Å². The minimum Gasteiger partial charge on any atom is -0.464 e. The molecule has 0 N–H and O–H groups in total. The molecule has 0 aliphatic rings. The number of aromatic nitrogens is 3. The summed E-state index contributed by atoms with van der Waals surface area (Å²) < 4.78 is 6.71. The molecule has 5 nitrogen and oxygen atoms in total. The fraction of sp³-hybridized carbons (Fsp3) is 0.167. The number of nitrogens with zero attached hydrogens (tertiary/aromatic N) is 3. The lowest BCUT2D eigenvalue weighted by Gasteiger charge is -2.09. The summed E-state index contributed by atoms with van der Waals surface area (Å²) in [6, 6.07) is 9.28. The van der Waals surface area contributed by atoms with E-state index >= 15 is 0 Å². The Bertz CT molecular complexity index is 947. The van der Waals surface area contributed by atoms with Crippen molar-refractivity contribution in [1.82, 2.24) is 14.5 Å². The zero-order valence-corrected chi connectivity index (χ0v) is 14.2. The third-order valence-electron chi connectivity index (χ3n) is 3.84. The predicted octanol–water partition coefficient (Wildman–Crippen LogP) is 3.87. The van der Waals surface area contributed by atoms with Crippen LogP contribution < -0.4 is 0 Å². The summed E-state index contributed by atoms with van der Waals surface area (Å²) in [7, 11) is 1.33. The molecular weight excluding hydrogens is 326 g/mol. The summed E-state index contributed by atoms with van der Waals surface area (Å²) in [5.74, 6) is 0.315. The molecule has 0 radical (unpaired) electrons. The predicted molar refractivity (Wildman–Crippen MR) is 94.2 cm³/mol. The van der Waals surface area contributed by atoms with Crippen LogP contribution in [0.3, 0.4) is 0 Å². The number of esters is 1. The van der Waals surface area contributed by atoms with Crippen LogP contribution in [0.15, 0.2) is 36.9 Å². The van der Waals surface area contributed by atoms with E-state index in [1.54, 1.807) is 12.1 Å². The molecule has 1 aromatic carbocycles. The van der Waals surface area contributed by atoms with Crippen molar-refractivity contribution in [2.75, 3.05) is 7.11 Å². The molecule has 0 saturated carbocycles.